The molecule has 0 aliphatic rings. The van der Waals surface area contributed by atoms with E-state index in [-0.39, 0.29) is 17.6 Å². The molecule has 0 aromatic heterocycles. The first kappa shape index (κ1) is 20.4. The number of fused-ring (bicyclic) bond motifs is 1. The van der Waals surface area contributed by atoms with E-state index in [0.29, 0.717) is 30.6 Å². The molecule has 0 radical (unpaired) electrons. The maximum atomic E-state index is 12.9. The highest BCUT2D eigenvalue weighted by Gasteiger charge is 2.13. The van der Waals surface area contributed by atoms with Gasteiger partial charge in [0.15, 0.2) is 5.78 Å². The van der Waals surface area contributed by atoms with Crippen LogP contribution in [0.5, 0.6) is 5.75 Å². The van der Waals surface area contributed by atoms with Crippen molar-refractivity contribution in [1.82, 2.24) is 10.6 Å². The normalized spacial score (nSPS) is 10.7. The van der Waals surface area contributed by atoms with Gasteiger partial charge in [-0.3, -0.25) is 4.79 Å². The van der Waals surface area contributed by atoms with Crippen LogP contribution in [-0.4, -0.2) is 30.0 Å². The summed E-state index contributed by atoms with van der Waals surface area (Å²) in [7, 11) is 0. The summed E-state index contributed by atoms with van der Waals surface area (Å²) in [6, 6.07) is 18.0. The van der Waals surface area contributed by atoms with Gasteiger partial charge in [0.2, 0.25) is 0 Å². The molecule has 0 atom stereocenters. The van der Waals surface area contributed by atoms with Gasteiger partial charge < -0.3 is 15.7 Å². The van der Waals surface area contributed by atoms with E-state index < -0.39 is 0 Å². The van der Waals surface area contributed by atoms with Crippen LogP contribution in [0, 0.1) is 0 Å². The molecule has 0 saturated carbocycles. The van der Waals surface area contributed by atoms with Crippen molar-refractivity contribution in [3.8, 4) is 5.75 Å². The molecule has 3 N–H and O–H groups in total. The average Bonchev–Trinajstić information content (AvgIpc) is 2.75. The largest absolute Gasteiger partial charge is 0.508 e. The molecule has 29 heavy (non-hydrogen) atoms. The lowest BCUT2D eigenvalue weighted by molar-refractivity contribution is 0.103. The van der Waals surface area contributed by atoms with Gasteiger partial charge in [0, 0.05) is 24.2 Å². The summed E-state index contributed by atoms with van der Waals surface area (Å²) >= 11 is 0. The van der Waals surface area contributed by atoms with Crippen LogP contribution in [0.1, 0.15) is 41.3 Å². The van der Waals surface area contributed by atoms with Gasteiger partial charge in [-0.15, -0.1) is 0 Å². The van der Waals surface area contributed by atoms with Crippen LogP contribution >= 0.6 is 0 Å². The Kier molecular flexibility index (Phi) is 6.85. The lowest BCUT2D eigenvalue weighted by Gasteiger charge is -2.12. The zero-order chi connectivity index (χ0) is 20.6. The molecule has 2 amide bonds. The molecule has 0 spiro atoms. The van der Waals surface area contributed by atoms with Crippen molar-refractivity contribution < 1.29 is 14.7 Å². The van der Waals surface area contributed by atoms with E-state index in [2.05, 4.69) is 10.6 Å². The summed E-state index contributed by atoms with van der Waals surface area (Å²) in [5, 5.41) is 17.4. The summed E-state index contributed by atoms with van der Waals surface area (Å²) in [5.74, 6) is 0.164. The lowest BCUT2D eigenvalue weighted by atomic mass is 9.94. The first-order valence-electron chi connectivity index (χ1n) is 9.95. The van der Waals surface area contributed by atoms with E-state index >= 15 is 0 Å². The van der Waals surface area contributed by atoms with Crippen LogP contribution in [-0.2, 0) is 6.42 Å². The molecule has 3 rings (SSSR count). The molecule has 3 aromatic carbocycles. The van der Waals surface area contributed by atoms with Crippen LogP contribution in [0.15, 0.2) is 60.7 Å². The van der Waals surface area contributed by atoms with Crippen LogP contribution in [0.25, 0.3) is 10.8 Å². The molecule has 0 fully saturated rings. The second-order valence-corrected chi connectivity index (χ2v) is 7.02. The van der Waals surface area contributed by atoms with E-state index in [0.717, 1.165) is 29.2 Å². The van der Waals surface area contributed by atoms with Crippen molar-refractivity contribution in [2.75, 3.05) is 13.1 Å². The number of hydrogen-bond donors (Lipinski definition) is 3. The summed E-state index contributed by atoms with van der Waals surface area (Å²) in [5.41, 5.74) is 2.25. The molecule has 0 aliphatic carbocycles. The molecular formula is C24H26N2O3. The van der Waals surface area contributed by atoms with Gasteiger partial charge in [-0.25, -0.2) is 4.79 Å². The Morgan fingerprint density at radius 3 is 2.41 bits per heavy atom. The van der Waals surface area contributed by atoms with E-state index in [1.165, 1.54) is 0 Å². The number of aryl methyl sites for hydroxylation is 1. The first-order valence-corrected chi connectivity index (χ1v) is 9.95. The van der Waals surface area contributed by atoms with Gasteiger partial charge in [-0.2, -0.15) is 0 Å². The molecule has 0 bridgehead atoms. The van der Waals surface area contributed by atoms with Crippen molar-refractivity contribution in [3.63, 3.8) is 0 Å². The van der Waals surface area contributed by atoms with Crippen LogP contribution in [0.3, 0.4) is 0 Å². The number of benzene rings is 3. The van der Waals surface area contributed by atoms with E-state index in [9.17, 15) is 14.7 Å². The van der Waals surface area contributed by atoms with E-state index in [1.807, 2.05) is 55.5 Å². The molecule has 0 heterocycles. The van der Waals surface area contributed by atoms with Gasteiger partial charge in [0.05, 0.1) is 0 Å². The maximum Gasteiger partial charge on any atom is 0.314 e. The topological polar surface area (TPSA) is 78.4 Å². The van der Waals surface area contributed by atoms with Crippen molar-refractivity contribution in [3.05, 3.63) is 77.4 Å². The maximum absolute atomic E-state index is 12.9. The minimum absolute atomic E-state index is 0.0288. The molecule has 0 unspecified atom stereocenters. The number of hydrogen-bond acceptors (Lipinski definition) is 3. The standard InChI is InChI=1S/C24H26N2O3/c1-2-12-25-24(29)26-13-6-9-18-14-20(23(28)17-7-4-3-5-8-17)15-19-10-11-21(27)16-22(18)19/h3-5,7-8,10-11,14-16,27H,2,6,9,12-13H2,1H3,(H2,25,26,29). The minimum atomic E-state index is -0.164. The van der Waals surface area contributed by atoms with Gasteiger partial charge >= 0.3 is 6.03 Å². The van der Waals surface area contributed by atoms with Crippen molar-refractivity contribution >= 4 is 22.6 Å². The molecular weight excluding hydrogens is 364 g/mol. The molecule has 5 nitrogen and oxygen atoms in total. The summed E-state index contributed by atoms with van der Waals surface area (Å²) in [6.45, 7) is 3.19. The fourth-order valence-electron chi connectivity index (χ4n) is 3.30. The predicted molar refractivity (Wildman–Crippen MR) is 116 cm³/mol. The third-order valence-corrected chi connectivity index (χ3v) is 4.77. The number of carbonyl (C=O) groups excluding carboxylic acids is 2. The highest BCUT2D eigenvalue weighted by Crippen LogP contribution is 2.27. The van der Waals surface area contributed by atoms with Gasteiger partial charge in [0.25, 0.3) is 0 Å². The Balaban J connectivity index is 1.80. The van der Waals surface area contributed by atoms with Gasteiger partial charge in [0.1, 0.15) is 5.75 Å². The summed E-state index contributed by atoms with van der Waals surface area (Å²) in [4.78, 5) is 24.6. The zero-order valence-corrected chi connectivity index (χ0v) is 16.6. The number of urea groups is 1. The molecule has 5 heteroatoms. The first-order chi connectivity index (χ1) is 14.1. The fraction of sp³-hybridized carbons (Fsp3) is 0.250. The zero-order valence-electron chi connectivity index (χ0n) is 16.6. The second-order valence-electron chi connectivity index (χ2n) is 7.02. The number of phenols is 1. The van der Waals surface area contributed by atoms with Gasteiger partial charge in [-0.1, -0.05) is 43.3 Å². The second kappa shape index (κ2) is 9.73. The molecule has 150 valence electrons. The number of rotatable bonds is 8. The number of phenolic OH excluding ortho intramolecular Hbond substituents is 1. The Morgan fingerprint density at radius 1 is 0.897 bits per heavy atom. The Labute approximate surface area is 170 Å². The van der Waals surface area contributed by atoms with E-state index in [4.69, 9.17) is 0 Å². The highest BCUT2D eigenvalue weighted by atomic mass is 16.3. The predicted octanol–water partition coefficient (Wildman–Crippen LogP) is 4.42. The number of nitrogens with one attached hydrogen (secondary N) is 2. The van der Waals surface area contributed by atoms with E-state index in [1.54, 1.807) is 12.1 Å². The van der Waals surface area contributed by atoms with Crippen LogP contribution < -0.4 is 10.6 Å². The molecule has 0 aliphatic heterocycles. The third kappa shape index (κ3) is 5.35. The Bertz CT molecular complexity index is 1000. The number of amides is 2. The molecule has 3 aromatic rings. The smallest absolute Gasteiger partial charge is 0.314 e. The minimum Gasteiger partial charge on any atom is -0.508 e. The Morgan fingerprint density at radius 2 is 1.66 bits per heavy atom. The number of ketones is 1. The highest BCUT2D eigenvalue weighted by molar-refractivity contribution is 6.11. The average molecular weight is 390 g/mol. The van der Waals surface area contributed by atoms with Crippen molar-refractivity contribution in [2.24, 2.45) is 0 Å². The molecule has 0 saturated heterocycles. The number of carbonyl (C=O) groups is 2. The third-order valence-electron chi connectivity index (χ3n) is 4.77. The fourth-order valence-corrected chi connectivity index (χ4v) is 3.30. The number of aromatic hydroxyl groups is 1. The van der Waals surface area contributed by atoms with Crippen LogP contribution in [0.4, 0.5) is 4.79 Å². The summed E-state index contributed by atoms with van der Waals surface area (Å²) in [6.07, 6.45) is 2.31. The quantitative estimate of drug-likeness (QED) is 0.394. The lowest BCUT2D eigenvalue weighted by Crippen LogP contribution is -2.36. The van der Waals surface area contributed by atoms with Crippen molar-refractivity contribution in [1.29, 1.82) is 0 Å². The van der Waals surface area contributed by atoms with Crippen molar-refractivity contribution in [2.45, 2.75) is 26.2 Å². The SMILES string of the molecule is CCCNC(=O)NCCCc1cc(C(=O)c2ccccc2)cc2ccc(O)cc12. The monoisotopic (exact) mass is 390 g/mol. The van der Waals surface area contributed by atoms with Crippen LogP contribution in [0.2, 0.25) is 0 Å². The Hall–Kier alpha value is -3.34. The summed E-state index contributed by atoms with van der Waals surface area (Å²) < 4.78 is 0. The van der Waals surface area contributed by atoms with Gasteiger partial charge in [-0.05, 0) is 59.9 Å².